The predicted octanol–water partition coefficient (Wildman–Crippen LogP) is 2.09. The van der Waals surface area contributed by atoms with E-state index in [1.807, 2.05) is 25.3 Å². The Morgan fingerprint density at radius 3 is 2.57 bits per heavy atom. The van der Waals surface area contributed by atoms with E-state index in [0.717, 1.165) is 19.3 Å². The number of nitrogens with one attached hydrogen (secondary N) is 2. The molecular formula is C22H40BN5O6S. The molecule has 0 aliphatic rings. The number of hydrogen-bond donors (Lipinski definition) is 5. The molecule has 0 saturated heterocycles. The Hall–Kier alpha value is -2.51. The summed E-state index contributed by atoms with van der Waals surface area (Å²) < 4.78 is 0. The lowest BCUT2D eigenvalue weighted by atomic mass is 9.74. The molecule has 0 fully saturated rings. The highest BCUT2D eigenvalue weighted by Crippen LogP contribution is 2.18. The number of aliphatic imine (C=N–C) groups is 1. The molecule has 198 valence electrons. The molecule has 1 aromatic rings. The van der Waals surface area contributed by atoms with Crippen molar-refractivity contribution >= 4 is 36.1 Å². The highest BCUT2D eigenvalue weighted by Gasteiger charge is 2.29. The first-order chi connectivity index (χ1) is 16.1. The monoisotopic (exact) mass is 513 g/mol. The summed E-state index contributed by atoms with van der Waals surface area (Å²) in [5.74, 6) is -2.18. The number of unbranched alkanes of at least 4 members (excludes halogenated alkanes) is 1. The maximum Gasteiger partial charge on any atom is 0.475 e. The van der Waals surface area contributed by atoms with Gasteiger partial charge in [-0.05, 0) is 55.9 Å². The van der Waals surface area contributed by atoms with E-state index in [0.29, 0.717) is 25.7 Å². The van der Waals surface area contributed by atoms with Gasteiger partial charge in [0.05, 0.1) is 5.94 Å². The molecule has 0 aliphatic heterocycles. The summed E-state index contributed by atoms with van der Waals surface area (Å²) in [4.78, 5) is 40.9. The highest BCUT2D eigenvalue weighted by atomic mass is 32.1. The van der Waals surface area contributed by atoms with Gasteiger partial charge < -0.3 is 21.1 Å². The molecule has 35 heavy (non-hydrogen) atoms. The minimum atomic E-state index is -1.71. The van der Waals surface area contributed by atoms with Gasteiger partial charge in [0, 0.05) is 30.2 Å². The molecule has 0 aromatic carbocycles. The molecule has 0 radical (unpaired) electrons. The van der Waals surface area contributed by atoms with Crippen LogP contribution in [0.3, 0.4) is 0 Å². The summed E-state index contributed by atoms with van der Waals surface area (Å²) in [6.45, 7) is 3.95. The van der Waals surface area contributed by atoms with Crippen LogP contribution in [0.4, 0.5) is 0 Å². The summed E-state index contributed by atoms with van der Waals surface area (Å²) in [6, 6.07) is 4.06. The van der Waals surface area contributed by atoms with Gasteiger partial charge in [0.2, 0.25) is 5.91 Å². The Labute approximate surface area is 211 Å². The van der Waals surface area contributed by atoms with Crippen LogP contribution in [-0.4, -0.2) is 52.3 Å². The minimum absolute atomic E-state index is 0. The highest BCUT2D eigenvalue weighted by molar-refractivity contribution is 7.09. The minimum Gasteiger partial charge on any atom is -0.426 e. The van der Waals surface area contributed by atoms with Crippen LogP contribution >= 0.6 is 11.3 Å². The van der Waals surface area contributed by atoms with Gasteiger partial charge in [0.15, 0.2) is 5.03 Å². The van der Waals surface area contributed by atoms with Crippen molar-refractivity contribution in [3.05, 3.63) is 32.5 Å². The largest absolute Gasteiger partial charge is 0.475 e. The van der Waals surface area contributed by atoms with Crippen LogP contribution < -0.4 is 16.5 Å². The van der Waals surface area contributed by atoms with E-state index in [1.165, 1.54) is 4.88 Å². The molecule has 11 nitrogen and oxygen atoms in total. The molecule has 1 rings (SSSR count). The van der Waals surface area contributed by atoms with E-state index in [9.17, 15) is 29.8 Å². The third kappa shape index (κ3) is 15.2. The van der Waals surface area contributed by atoms with Crippen LogP contribution in [-0.2, 0) is 16.0 Å². The van der Waals surface area contributed by atoms with E-state index in [4.69, 9.17) is 5.73 Å². The third-order valence-corrected chi connectivity index (χ3v) is 6.10. The number of carbonyl (C=O) groups is 2. The zero-order valence-electron chi connectivity index (χ0n) is 19.8. The van der Waals surface area contributed by atoms with Crippen molar-refractivity contribution < 1.29 is 24.7 Å². The fraction of sp³-hybridized carbons (Fsp3) is 0.682. The van der Waals surface area contributed by atoms with Crippen molar-refractivity contribution in [3.8, 4) is 0 Å². The van der Waals surface area contributed by atoms with Crippen LogP contribution in [0.15, 0.2) is 22.5 Å². The van der Waals surface area contributed by atoms with Crippen molar-refractivity contribution in [1.29, 1.82) is 0 Å². The number of hydrogen-bond acceptors (Lipinski definition) is 8. The molecule has 13 heteroatoms. The predicted molar refractivity (Wildman–Crippen MR) is 139 cm³/mol. The second-order valence-corrected chi connectivity index (χ2v) is 9.69. The first-order valence-corrected chi connectivity index (χ1v) is 12.4. The number of amides is 1. The summed E-state index contributed by atoms with van der Waals surface area (Å²) in [7, 11) is -1.71. The zero-order valence-corrected chi connectivity index (χ0v) is 20.6. The number of nitro groups is 1. The van der Waals surface area contributed by atoms with E-state index in [1.54, 1.807) is 16.8 Å². The molecule has 1 aromatic heterocycles. The molecule has 2 atom stereocenters. The van der Waals surface area contributed by atoms with E-state index in [-0.39, 0.29) is 38.1 Å². The SMILES string of the molecule is C.CC(C)C[C@H](NC(=O)[C@H](CCCN=C(N)N[N+](=O)[O-])CC(=O)CCCCc1cccs1)B(O)O. The van der Waals surface area contributed by atoms with E-state index in [2.05, 4.69) is 16.4 Å². The standard InChI is InChI=1S/C21H36BN5O6S.CH4/c1-15(2)13-19(22(30)31)25-20(29)16(7-5-11-24-21(23)26-27(32)33)14-17(28)8-3-4-9-18-10-6-12-34-18;/h6,10,12,15-16,19,30-31H,3-5,7-9,11,13-14H2,1-2H3,(H,25,29)(H3,23,24,26);1H4/t16-,19+;/m1./s1. The number of carbonyl (C=O) groups excluding carboxylic acids is 2. The van der Waals surface area contributed by atoms with E-state index < -0.39 is 29.9 Å². The topological polar surface area (TPSA) is 180 Å². The number of rotatable bonds is 17. The van der Waals surface area contributed by atoms with Crippen LogP contribution in [0.5, 0.6) is 0 Å². The van der Waals surface area contributed by atoms with Crippen molar-refractivity contribution in [2.24, 2.45) is 22.6 Å². The van der Waals surface area contributed by atoms with Gasteiger partial charge in [0.25, 0.3) is 5.96 Å². The molecule has 0 bridgehead atoms. The van der Waals surface area contributed by atoms with Crippen LogP contribution in [0.25, 0.3) is 0 Å². The van der Waals surface area contributed by atoms with Gasteiger partial charge in [-0.3, -0.25) is 9.59 Å². The Balaban J connectivity index is 0.0000116. The molecule has 6 N–H and O–H groups in total. The molecule has 0 aliphatic carbocycles. The first-order valence-electron chi connectivity index (χ1n) is 11.5. The molecule has 0 saturated carbocycles. The summed E-state index contributed by atoms with van der Waals surface area (Å²) in [5, 5.41) is 33.5. The van der Waals surface area contributed by atoms with Gasteiger partial charge in [-0.1, -0.05) is 32.8 Å². The Kier molecular flexibility index (Phi) is 16.6. The van der Waals surface area contributed by atoms with Gasteiger partial charge >= 0.3 is 7.12 Å². The van der Waals surface area contributed by atoms with Gasteiger partial charge in [-0.15, -0.1) is 11.3 Å². The van der Waals surface area contributed by atoms with Crippen molar-refractivity contribution in [2.45, 2.75) is 78.6 Å². The number of nitrogens with zero attached hydrogens (tertiary/aromatic N) is 2. The number of nitrogens with two attached hydrogens (primary N) is 1. The average molecular weight is 513 g/mol. The van der Waals surface area contributed by atoms with Crippen molar-refractivity contribution in [1.82, 2.24) is 10.7 Å². The van der Waals surface area contributed by atoms with Gasteiger partial charge in [0.1, 0.15) is 5.78 Å². The maximum atomic E-state index is 12.9. The lowest BCUT2D eigenvalue weighted by Crippen LogP contribution is -2.49. The quantitative estimate of drug-likeness (QED) is 0.0524. The summed E-state index contributed by atoms with van der Waals surface area (Å²) in [6.07, 6.45) is 3.98. The molecule has 0 spiro atoms. The summed E-state index contributed by atoms with van der Waals surface area (Å²) in [5.41, 5.74) is 7.13. The fourth-order valence-corrected chi connectivity index (χ4v) is 4.26. The van der Waals surface area contributed by atoms with Gasteiger partial charge in [-0.25, -0.2) is 15.1 Å². The van der Waals surface area contributed by atoms with Crippen LogP contribution in [0.2, 0.25) is 0 Å². The number of thiophene rings is 1. The number of aryl methyl sites for hydroxylation is 1. The van der Waals surface area contributed by atoms with Crippen molar-refractivity contribution in [3.63, 3.8) is 0 Å². The number of ketones is 1. The summed E-state index contributed by atoms with van der Waals surface area (Å²) >= 11 is 1.68. The lowest BCUT2D eigenvalue weighted by molar-refractivity contribution is -0.525. The molecule has 1 heterocycles. The third-order valence-electron chi connectivity index (χ3n) is 5.17. The van der Waals surface area contributed by atoms with E-state index >= 15 is 0 Å². The second-order valence-electron chi connectivity index (χ2n) is 8.66. The molecule has 1 amide bonds. The van der Waals surface area contributed by atoms with Gasteiger partial charge in [-0.2, -0.15) is 0 Å². The number of guanidine groups is 1. The maximum absolute atomic E-state index is 12.9. The normalized spacial score (nSPS) is 13.0. The number of hydrazine groups is 1. The molecule has 0 unspecified atom stereocenters. The fourth-order valence-electron chi connectivity index (χ4n) is 3.51. The second kappa shape index (κ2) is 17.9. The molecular weight excluding hydrogens is 473 g/mol. The smallest absolute Gasteiger partial charge is 0.426 e. The first kappa shape index (κ1) is 32.5. The number of Topliss-reactive ketones (excluding diaryl/α,β-unsaturated/α-hetero) is 1. The van der Waals surface area contributed by atoms with Crippen LogP contribution in [0, 0.1) is 22.0 Å². The zero-order chi connectivity index (χ0) is 25.5. The Morgan fingerprint density at radius 2 is 2.00 bits per heavy atom. The lowest BCUT2D eigenvalue weighted by Gasteiger charge is -2.23. The van der Waals surface area contributed by atoms with Crippen molar-refractivity contribution in [2.75, 3.05) is 6.54 Å². The Morgan fingerprint density at radius 1 is 1.29 bits per heavy atom. The average Bonchev–Trinajstić information content (AvgIpc) is 3.25. The Bertz CT molecular complexity index is 791. The van der Waals surface area contributed by atoms with Crippen LogP contribution in [0.1, 0.15) is 71.1 Å².